The second-order valence-electron chi connectivity index (χ2n) is 4.74. The van der Waals surface area contributed by atoms with E-state index < -0.39 is 0 Å². The summed E-state index contributed by atoms with van der Waals surface area (Å²) in [5, 5.41) is 0.685. The first kappa shape index (κ1) is 13.9. The molecule has 2 nitrogen and oxygen atoms in total. The van der Waals surface area contributed by atoms with E-state index in [1.165, 1.54) is 0 Å². The van der Waals surface area contributed by atoms with Crippen LogP contribution in [-0.2, 0) is 0 Å². The molecule has 0 saturated heterocycles. The Balaban J connectivity index is 2.29. The first-order chi connectivity index (χ1) is 9.08. The molecule has 19 heavy (non-hydrogen) atoms. The molecule has 1 unspecified atom stereocenters. The third-order valence-corrected chi connectivity index (χ3v) is 3.17. The quantitative estimate of drug-likeness (QED) is 0.909. The molecule has 2 rings (SSSR count). The van der Waals surface area contributed by atoms with Crippen molar-refractivity contribution in [3.8, 4) is 5.75 Å². The van der Waals surface area contributed by atoms with Crippen LogP contribution in [-0.4, -0.2) is 6.10 Å². The van der Waals surface area contributed by atoms with Crippen molar-refractivity contribution in [2.24, 2.45) is 5.73 Å². The van der Waals surface area contributed by atoms with Crippen LogP contribution in [0.1, 0.15) is 31.0 Å². The molecule has 1 atom stereocenters. The first-order valence-corrected chi connectivity index (χ1v) is 6.72. The molecular formula is C16H18ClNO. The molecule has 100 valence electrons. The maximum absolute atomic E-state index is 6.28. The largest absolute Gasteiger partial charge is 0.491 e. The van der Waals surface area contributed by atoms with E-state index in [1.807, 2.05) is 62.4 Å². The summed E-state index contributed by atoms with van der Waals surface area (Å²) in [6.07, 6.45) is 0.145. The SMILES string of the molecule is CC(C)Oc1cccc(C(N)c2ccccc2Cl)c1. The van der Waals surface area contributed by atoms with E-state index in [-0.39, 0.29) is 12.1 Å². The van der Waals surface area contributed by atoms with Crippen LogP contribution in [0.5, 0.6) is 5.75 Å². The number of rotatable bonds is 4. The first-order valence-electron chi connectivity index (χ1n) is 6.34. The van der Waals surface area contributed by atoms with E-state index in [0.29, 0.717) is 5.02 Å². The van der Waals surface area contributed by atoms with Crippen molar-refractivity contribution in [2.75, 3.05) is 0 Å². The van der Waals surface area contributed by atoms with Gasteiger partial charge >= 0.3 is 0 Å². The lowest BCUT2D eigenvalue weighted by atomic mass is 9.99. The van der Waals surface area contributed by atoms with Gasteiger partial charge < -0.3 is 10.5 Å². The number of nitrogens with two attached hydrogens (primary N) is 1. The minimum Gasteiger partial charge on any atom is -0.491 e. The molecule has 0 spiro atoms. The zero-order valence-corrected chi connectivity index (χ0v) is 11.9. The average molecular weight is 276 g/mol. The Morgan fingerprint density at radius 3 is 2.47 bits per heavy atom. The van der Waals surface area contributed by atoms with Gasteiger partial charge in [0.2, 0.25) is 0 Å². The van der Waals surface area contributed by atoms with E-state index in [2.05, 4.69) is 0 Å². The normalized spacial score (nSPS) is 12.5. The smallest absolute Gasteiger partial charge is 0.120 e. The third kappa shape index (κ3) is 3.49. The lowest BCUT2D eigenvalue weighted by Crippen LogP contribution is -2.13. The highest BCUT2D eigenvalue weighted by molar-refractivity contribution is 6.31. The molecule has 0 amide bonds. The number of hydrogen-bond acceptors (Lipinski definition) is 2. The predicted molar refractivity (Wildman–Crippen MR) is 79.7 cm³/mol. The van der Waals surface area contributed by atoms with Gasteiger partial charge in [0.15, 0.2) is 0 Å². The molecular weight excluding hydrogens is 258 g/mol. The van der Waals surface area contributed by atoms with Gasteiger partial charge in [0.25, 0.3) is 0 Å². The Hall–Kier alpha value is -1.51. The van der Waals surface area contributed by atoms with Crippen LogP contribution in [0.4, 0.5) is 0 Å². The van der Waals surface area contributed by atoms with Crippen molar-refractivity contribution in [1.82, 2.24) is 0 Å². The maximum Gasteiger partial charge on any atom is 0.120 e. The van der Waals surface area contributed by atoms with Gasteiger partial charge in [0.1, 0.15) is 5.75 Å². The maximum atomic E-state index is 6.28. The van der Waals surface area contributed by atoms with Gasteiger partial charge in [-0.1, -0.05) is 41.9 Å². The van der Waals surface area contributed by atoms with Crippen LogP contribution in [0.25, 0.3) is 0 Å². The molecule has 0 radical (unpaired) electrons. The summed E-state index contributed by atoms with van der Waals surface area (Å²) in [5.74, 6) is 0.829. The van der Waals surface area contributed by atoms with Crippen molar-refractivity contribution in [3.05, 3.63) is 64.7 Å². The second-order valence-corrected chi connectivity index (χ2v) is 5.15. The predicted octanol–water partition coefficient (Wildman–Crippen LogP) is 4.18. The average Bonchev–Trinajstić information content (AvgIpc) is 2.38. The Morgan fingerprint density at radius 1 is 1.05 bits per heavy atom. The monoisotopic (exact) mass is 275 g/mol. The fourth-order valence-corrected chi connectivity index (χ4v) is 2.21. The standard InChI is InChI=1S/C16H18ClNO/c1-11(2)19-13-7-5-6-12(10-13)16(18)14-8-3-4-9-15(14)17/h3-11,16H,18H2,1-2H3. The van der Waals surface area contributed by atoms with Gasteiger partial charge in [-0.2, -0.15) is 0 Å². The van der Waals surface area contributed by atoms with Gasteiger partial charge in [-0.05, 0) is 43.2 Å². The highest BCUT2D eigenvalue weighted by Crippen LogP contribution is 2.28. The molecule has 0 aliphatic rings. The minimum atomic E-state index is -0.246. The Kier molecular flexibility index (Phi) is 4.46. The Bertz CT molecular complexity index is 554. The Labute approximate surface area is 119 Å². The summed E-state index contributed by atoms with van der Waals surface area (Å²) in [6, 6.07) is 15.2. The molecule has 0 aliphatic carbocycles. The summed E-state index contributed by atoms with van der Waals surface area (Å²) in [7, 11) is 0. The molecule has 0 heterocycles. The van der Waals surface area contributed by atoms with Crippen molar-refractivity contribution < 1.29 is 4.74 Å². The fraction of sp³-hybridized carbons (Fsp3) is 0.250. The van der Waals surface area contributed by atoms with E-state index in [9.17, 15) is 0 Å². The van der Waals surface area contributed by atoms with Gasteiger partial charge in [-0.3, -0.25) is 0 Å². The van der Waals surface area contributed by atoms with Crippen molar-refractivity contribution in [3.63, 3.8) is 0 Å². The van der Waals surface area contributed by atoms with Crippen LogP contribution in [0.15, 0.2) is 48.5 Å². The second kappa shape index (κ2) is 6.09. The molecule has 2 aromatic rings. The van der Waals surface area contributed by atoms with Crippen LogP contribution in [0.2, 0.25) is 5.02 Å². The lowest BCUT2D eigenvalue weighted by molar-refractivity contribution is 0.242. The molecule has 0 fully saturated rings. The molecule has 0 aliphatic heterocycles. The minimum absolute atomic E-state index is 0.145. The summed E-state index contributed by atoms with van der Waals surface area (Å²) in [6.45, 7) is 4.00. The topological polar surface area (TPSA) is 35.2 Å². The number of benzene rings is 2. The van der Waals surface area contributed by atoms with Crippen LogP contribution in [0, 0.1) is 0 Å². The molecule has 0 aromatic heterocycles. The molecule has 0 bridgehead atoms. The van der Waals surface area contributed by atoms with Crippen molar-refractivity contribution in [1.29, 1.82) is 0 Å². The number of halogens is 1. The summed E-state index contributed by atoms with van der Waals surface area (Å²) in [5.41, 5.74) is 8.19. The zero-order chi connectivity index (χ0) is 13.8. The van der Waals surface area contributed by atoms with Gasteiger partial charge in [0, 0.05) is 5.02 Å². The molecule has 3 heteroatoms. The lowest BCUT2D eigenvalue weighted by Gasteiger charge is -2.16. The van der Waals surface area contributed by atoms with Crippen molar-refractivity contribution >= 4 is 11.6 Å². The highest BCUT2D eigenvalue weighted by atomic mass is 35.5. The van der Waals surface area contributed by atoms with E-state index >= 15 is 0 Å². The molecule has 0 saturated carbocycles. The summed E-state index contributed by atoms with van der Waals surface area (Å²) in [4.78, 5) is 0. The van der Waals surface area contributed by atoms with E-state index in [4.69, 9.17) is 22.1 Å². The van der Waals surface area contributed by atoms with Crippen LogP contribution in [0.3, 0.4) is 0 Å². The van der Waals surface area contributed by atoms with Crippen LogP contribution >= 0.6 is 11.6 Å². The van der Waals surface area contributed by atoms with E-state index in [0.717, 1.165) is 16.9 Å². The van der Waals surface area contributed by atoms with Gasteiger partial charge in [-0.15, -0.1) is 0 Å². The highest BCUT2D eigenvalue weighted by Gasteiger charge is 2.12. The fourth-order valence-electron chi connectivity index (χ4n) is 1.96. The third-order valence-electron chi connectivity index (χ3n) is 2.83. The Morgan fingerprint density at radius 2 is 1.79 bits per heavy atom. The zero-order valence-electron chi connectivity index (χ0n) is 11.1. The van der Waals surface area contributed by atoms with Crippen molar-refractivity contribution in [2.45, 2.75) is 26.0 Å². The summed E-state index contributed by atoms with van der Waals surface area (Å²) >= 11 is 6.18. The number of ether oxygens (including phenoxy) is 1. The molecule has 2 N–H and O–H groups in total. The van der Waals surface area contributed by atoms with E-state index in [1.54, 1.807) is 0 Å². The van der Waals surface area contributed by atoms with Crippen LogP contribution < -0.4 is 10.5 Å². The molecule has 2 aromatic carbocycles. The van der Waals surface area contributed by atoms with Gasteiger partial charge in [-0.25, -0.2) is 0 Å². The summed E-state index contributed by atoms with van der Waals surface area (Å²) < 4.78 is 5.68. The number of hydrogen-bond donors (Lipinski definition) is 1. The van der Waals surface area contributed by atoms with Gasteiger partial charge in [0.05, 0.1) is 12.1 Å².